The van der Waals surface area contributed by atoms with Crippen LogP contribution in [0.4, 0.5) is 15.9 Å². The third-order valence-electron chi connectivity index (χ3n) is 4.10. The van der Waals surface area contributed by atoms with E-state index in [4.69, 9.17) is 9.47 Å². The van der Waals surface area contributed by atoms with Crippen LogP contribution in [0.3, 0.4) is 0 Å². The molecule has 0 radical (unpaired) electrons. The van der Waals surface area contributed by atoms with Crippen LogP contribution in [0.15, 0.2) is 60.8 Å². The van der Waals surface area contributed by atoms with Crippen molar-refractivity contribution in [3.05, 3.63) is 77.7 Å². The molecule has 0 spiro atoms. The molecule has 0 aliphatic heterocycles. The maximum atomic E-state index is 13.6. The van der Waals surface area contributed by atoms with Crippen molar-refractivity contribution < 1.29 is 18.7 Å². The van der Waals surface area contributed by atoms with Gasteiger partial charge in [-0.05, 0) is 30.3 Å². The van der Waals surface area contributed by atoms with E-state index in [-0.39, 0.29) is 11.7 Å². The summed E-state index contributed by atoms with van der Waals surface area (Å²) in [4.78, 5) is 16.7. The first-order chi connectivity index (χ1) is 13.6. The maximum absolute atomic E-state index is 13.6. The first-order valence-corrected chi connectivity index (χ1v) is 8.57. The van der Waals surface area contributed by atoms with E-state index in [1.54, 1.807) is 55.6 Å². The zero-order chi connectivity index (χ0) is 19.9. The third kappa shape index (κ3) is 4.56. The van der Waals surface area contributed by atoms with Gasteiger partial charge < -0.3 is 20.1 Å². The highest BCUT2D eigenvalue weighted by Crippen LogP contribution is 2.29. The summed E-state index contributed by atoms with van der Waals surface area (Å²) in [6.45, 7) is 0.300. The molecule has 1 aromatic heterocycles. The Morgan fingerprint density at radius 2 is 1.89 bits per heavy atom. The Balaban J connectivity index is 1.64. The highest BCUT2D eigenvalue weighted by Gasteiger charge is 2.11. The van der Waals surface area contributed by atoms with Gasteiger partial charge in [0.15, 0.2) is 0 Å². The van der Waals surface area contributed by atoms with E-state index in [1.807, 2.05) is 0 Å². The largest absolute Gasteiger partial charge is 0.497 e. The van der Waals surface area contributed by atoms with Crippen LogP contribution in [-0.2, 0) is 6.54 Å². The lowest BCUT2D eigenvalue weighted by atomic mass is 10.2. The van der Waals surface area contributed by atoms with Crippen LogP contribution in [0.25, 0.3) is 0 Å². The number of aromatic nitrogens is 1. The Labute approximate surface area is 162 Å². The fourth-order valence-electron chi connectivity index (χ4n) is 2.56. The molecular weight excluding hydrogens is 361 g/mol. The molecule has 0 bridgehead atoms. The number of ether oxygens (including phenoxy) is 2. The van der Waals surface area contributed by atoms with Gasteiger partial charge in [0.1, 0.15) is 23.1 Å². The molecule has 3 aromatic rings. The van der Waals surface area contributed by atoms with Gasteiger partial charge in [0, 0.05) is 24.4 Å². The van der Waals surface area contributed by atoms with Crippen LogP contribution in [0.2, 0.25) is 0 Å². The van der Waals surface area contributed by atoms with Crippen LogP contribution in [0.5, 0.6) is 11.5 Å². The first-order valence-electron chi connectivity index (χ1n) is 8.57. The summed E-state index contributed by atoms with van der Waals surface area (Å²) in [7, 11) is 3.07. The normalized spacial score (nSPS) is 10.2. The van der Waals surface area contributed by atoms with Gasteiger partial charge in [0.2, 0.25) is 0 Å². The monoisotopic (exact) mass is 381 g/mol. The Kier molecular flexibility index (Phi) is 6.06. The fourth-order valence-corrected chi connectivity index (χ4v) is 2.56. The summed E-state index contributed by atoms with van der Waals surface area (Å²) >= 11 is 0. The molecule has 0 saturated heterocycles. The maximum Gasteiger partial charge on any atom is 0.257 e. The van der Waals surface area contributed by atoms with E-state index in [1.165, 1.54) is 19.4 Å². The predicted molar refractivity (Wildman–Crippen MR) is 105 cm³/mol. The second kappa shape index (κ2) is 8.85. The van der Waals surface area contributed by atoms with E-state index >= 15 is 0 Å². The first kappa shape index (κ1) is 19.2. The molecule has 7 heteroatoms. The molecule has 0 saturated carbocycles. The number of carbonyl (C=O) groups excluding carboxylic acids is 1. The van der Waals surface area contributed by atoms with Crippen molar-refractivity contribution in [3.63, 3.8) is 0 Å². The van der Waals surface area contributed by atoms with E-state index in [9.17, 15) is 9.18 Å². The zero-order valence-corrected chi connectivity index (χ0v) is 15.5. The molecule has 0 fully saturated rings. The minimum atomic E-state index is -0.323. The van der Waals surface area contributed by atoms with Crippen molar-refractivity contribution in [3.8, 4) is 11.5 Å². The minimum Gasteiger partial charge on any atom is -0.497 e. The number of hydrogen-bond acceptors (Lipinski definition) is 5. The van der Waals surface area contributed by atoms with Crippen LogP contribution >= 0.6 is 0 Å². The van der Waals surface area contributed by atoms with Crippen molar-refractivity contribution in [2.75, 3.05) is 24.9 Å². The lowest BCUT2D eigenvalue weighted by molar-refractivity contribution is 0.102. The molecule has 0 unspecified atom stereocenters. The summed E-state index contributed by atoms with van der Waals surface area (Å²) in [5.41, 5.74) is 1.45. The van der Waals surface area contributed by atoms with Gasteiger partial charge in [-0.25, -0.2) is 9.37 Å². The Hall–Kier alpha value is -3.61. The number of methoxy groups -OCH3 is 2. The van der Waals surface area contributed by atoms with Crippen molar-refractivity contribution in [1.29, 1.82) is 0 Å². The number of benzene rings is 2. The topological polar surface area (TPSA) is 72.5 Å². The zero-order valence-electron chi connectivity index (χ0n) is 15.5. The number of anilines is 2. The van der Waals surface area contributed by atoms with Gasteiger partial charge in [-0.15, -0.1) is 0 Å². The number of nitrogens with one attached hydrogen (secondary N) is 2. The summed E-state index contributed by atoms with van der Waals surface area (Å²) in [6.07, 6.45) is 1.45. The van der Waals surface area contributed by atoms with E-state index < -0.39 is 0 Å². The van der Waals surface area contributed by atoms with Gasteiger partial charge in [-0.1, -0.05) is 18.2 Å². The van der Waals surface area contributed by atoms with Crippen molar-refractivity contribution in [2.24, 2.45) is 0 Å². The molecule has 3 rings (SSSR count). The molecule has 1 heterocycles. The van der Waals surface area contributed by atoms with Crippen molar-refractivity contribution in [1.82, 2.24) is 4.98 Å². The van der Waals surface area contributed by atoms with Gasteiger partial charge in [-0.2, -0.15) is 0 Å². The second-order valence-corrected chi connectivity index (χ2v) is 5.90. The van der Waals surface area contributed by atoms with E-state index in [2.05, 4.69) is 15.6 Å². The molecule has 28 heavy (non-hydrogen) atoms. The molecule has 0 aliphatic carbocycles. The SMILES string of the molecule is COc1ccc(NC(=O)c2ccc(NCc3ccccc3F)nc2)c(OC)c1. The number of pyridine rings is 1. The molecule has 1 amide bonds. The van der Waals surface area contributed by atoms with E-state index in [0.717, 1.165) is 0 Å². The van der Waals surface area contributed by atoms with Crippen LogP contribution in [0, 0.1) is 5.82 Å². The van der Waals surface area contributed by atoms with Crippen LogP contribution in [-0.4, -0.2) is 25.1 Å². The Morgan fingerprint density at radius 3 is 2.57 bits per heavy atom. The molecule has 0 aliphatic rings. The Bertz CT molecular complexity index is 961. The molecule has 2 aromatic carbocycles. The second-order valence-electron chi connectivity index (χ2n) is 5.90. The number of carbonyl (C=O) groups is 1. The fraction of sp³-hybridized carbons (Fsp3) is 0.143. The molecule has 0 atom stereocenters. The lowest BCUT2D eigenvalue weighted by Crippen LogP contribution is -2.13. The average Bonchev–Trinajstić information content (AvgIpc) is 2.73. The van der Waals surface area contributed by atoms with Crippen molar-refractivity contribution in [2.45, 2.75) is 6.54 Å². The smallest absolute Gasteiger partial charge is 0.257 e. The third-order valence-corrected chi connectivity index (χ3v) is 4.10. The van der Waals surface area contributed by atoms with Gasteiger partial charge in [0.25, 0.3) is 5.91 Å². The summed E-state index contributed by atoms with van der Waals surface area (Å²) in [6, 6.07) is 14.9. The number of halogens is 1. The van der Waals surface area contributed by atoms with Crippen LogP contribution < -0.4 is 20.1 Å². The molecule has 144 valence electrons. The van der Waals surface area contributed by atoms with E-state index in [0.29, 0.717) is 40.7 Å². The quantitative estimate of drug-likeness (QED) is 0.645. The lowest BCUT2D eigenvalue weighted by Gasteiger charge is -2.12. The molecule has 2 N–H and O–H groups in total. The van der Waals surface area contributed by atoms with Gasteiger partial charge in [0.05, 0.1) is 25.5 Å². The van der Waals surface area contributed by atoms with Crippen LogP contribution in [0.1, 0.15) is 15.9 Å². The number of hydrogen-bond donors (Lipinski definition) is 2. The average molecular weight is 381 g/mol. The molecule has 6 nitrogen and oxygen atoms in total. The summed E-state index contributed by atoms with van der Waals surface area (Å²) in [5.74, 6) is 1.06. The summed E-state index contributed by atoms with van der Waals surface area (Å²) in [5, 5.41) is 5.82. The standard InChI is InChI=1S/C21H20FN3O3/c1-27-16-8-9-18(19(11-16)28-2)25-21(26)15-7-10-20(24-13-15)23-12-14-5-3-4-6-17(14)22/h3-11,13H,12H2,1-2H3,(H,23,24)(H,25,26). The van der Waals surface area contributed by atoms with Crippen molar-refractivity contribution >= 4 is 17.4 Å². The highest BCUT2D eigenvalue weighted by atomic mass is 19.1. The Morgan fingerprint density at radius 1 is 1.07 bits per heavy atom. The number of amides is 1. The minimum absolute atomic E-state index is 0.278. The highest BCUT2D eigenvalue weighted by molar-refractivity contribution is 6.05. The molecular formula is C21H20FN3O3. The predicted octanol–water partition coefficient (Wildman–Crippen LogP) is 4.10. The number of nitrogens with zero attached hydrogens (tertiary/aromatic N) is 1. The summed E-state index contributed by atoms with van der Waals surface area (Å²) < 4.78 is 24.1. The number of rotatable bonds is 7. The van der Waals surface area contributed by atoms with Gasteiger partial charge >= 0.3 is 0 Å². The van der Waals surface area contributed by atoms with Gasteiger partial charge in [-0.3, -0.25) is 4.79 Å².